The number of aromatic amines is 1. The summed E-state index contributed by atoms with van der Waals surface area (Å²) < 4.78 is 0. The van der Waals surface area contributed by atoms with Crippen LogP contribution in [-0.2, 0) is 6.42 Å². The van der Waals surface area contributed by atoms with Crippen molar-refractivity contribution in [3.05, 3.63) is 46.2 Å². The van der Waals surface area contributed by atoms with Crippen molar-refractivity contribution in [2.24, 2.45) is 5.92 Å². The molecule has 0 fully saturated rings. The van der Waals surface area contributed by atoms with E-state index in [0.29, 0.717) is 5.92 Å². The Morgan fingerprint density at radius 3 is 2.73 bits per heavy atom. The first-order valence-electron chi connectivity index (χ1n) is 5.28. The molecular formula is C13H15NO. The van der Waals surface area contributed by atoms with E-state index in [1.54, 1.807) is 6.07 Å². The lowest BCUT2D eigenvalue weighted by atomic mass is 10.1. The third kappa shape index (κ3) is 2.09. The van der Waals surface area contributed by atoms with Crippen LogP contribution >= 0.6 is 0 Å². The SMILES string of the molecule is CC(C)Cc1cc(=O)c2ccccc2[nH]1. The van der Waals surface area contributed by atoms with E-state index in [9.17, 15) is 4.79 Å². The summed E-state index contributed by atoms with van der Waals surface area (Å²) >= 11 is 0. The molecule has 1 aromatic heterocycles. The van der Waals surface area contributed by atoms with Gasteiger partial charge in [-0.2, -0.15) is 0 Å². The molecule has 0 aliphatic heterocycles. The average Bonchev–Trinajstić information content (AvgIpc) is 2.16. The molecule has 78 valence electrons. The molecule has 1 N–H and O–H groups in total. The molecule has 1 heterocycles. The van der Waals surface area contributed by atoms with Crippen molar-refractivity contribution in [2.75, 3.05) is 0 Å². The lowest BCUT2D eigenvalue weighted by molar-refractivity contribution is 0.636. The summed E-state index contributed by atoms with van der Waals surface area (Å²) in [7, 11) is 0. The summed E-state index contributed by atoms with van der Waals surface area (Å²) in [6, 6.07) is 9.34. The van der Waals surface area contributed by atoms with Crippen molar-refractivity contribution in [2.45, 2.75) is 20.3 Å². The van der Waals surface area contributed by atoms with Gasteiger partial charge in [-0.05, 0) is 24.5 Å². The van der Waals surface area contributed by atoms with E-state index in [2.05, 4.69) is 18.8 Å². The van der Waals surface area contributed by atoms with Gasteiger partial charge in [-0.3, -0.25) is 4.79 Å². The molecule has 0 aliphatic carbocycles. The zero-order valence-corrected chi connectivity index (χ0v) is 9.08. The monoisotopic (exact) mass is 201 g/mol. The topological polar surface area (TPSA) is 32.9 Å². The number of benzene rings is 1. The second-order valence-electron chi connectivity index (χ2n) is 4.30. The van der Waals surface area contributed by atoms with Crippen molar-refractivity contribution >= 4 is 10.9 Å². The molecule has 0 aliphatic rings. The van der Waals surface area contributed by atoms with E-state index in [-0.39, 0.29) is 5.43 Å². The van der Waals surface area contributed by atoms with Crippen molar-refractivity contribution in [3.63, 3.8) is 0 Å². The Labute approximate surface area is 89.0 Å². The fraction of sp³-hybridized carbons (Fsp3) is 0.308. The fourth-order valence-corrected chi connectivity index (χ4v) is 1.80. The highest BCUT2D eigenvalue weighted by molar-refractivity contribution is 5.78. The van der Waals surface area contributed by atoms with Crippen LogP contribution in [0, 0.1) is 5.92 Å². The number of fused-ring (bicyclic) bond motifs is 1. The van der Waals surface area contributed by atoms with Gasteiger partial charge < -0.3 is 4.98 Å². The molecule has 2 heteroatoms. The summed E-state index contributed by atoms with van der Waals surface area (Å²) in [4.78, 5) is 15.1. The van der Waals surface area contributed by atoms with E-state index in [0.717, 1.165) is 23.0 Å². The third-order valence-electron chi connectivity index (χ3n) is 2.42. The van der Waals surface area contributed by atoms with Crippen molar-refractivity contribution in [3.8, 4) is 0 Å². The van der Waals surface area contributed by atoms with Crippen LogP contribution in [0.15, 0.2) is 35.1 Å². The number of aromatic nitrogens is 1. The number of rotatable bonds is 2. The van der Waals surface area contributed by atoms with Gasteiger partial charge in [-0.15, -0.1) is 0 Å². The molecule has 1 aromatic carbocycles. The third-order valence-corrected chi connectivity index (χ3v) is 2.42. The summed E-state index contributed by atoms with van der Waals surface area (Å²) in [5, 5.41) is 0.769. The molecule has 2 aromatic rings. The van der Waals surface area contributed by atoms with Gasteiger partial charge in [0.15, 0.2) is 5.43 Å². The van der Waals surface area contributed by atoms with Gasteiger partial charge in [-0.1, -0.05) is 26.0 Å². The number of H-pyrrole nitrogens is 1. The highest BCUT2D eigenvalue weighted by atomic mass is 16.1. The van der Waals surface area contributed by atoms with Crippen LogP contribution < -0.4 is 5.43 Å². The smallest absolute Gasteiger partial charge is 0.189 e. The van der Waals surface area contributed by atoms with Crippen LogP contribution in [-0.4, -0.2) is 4.98 Å². The molecule has 0 unspecified atom stereocenters. The zero-order chi connectivity index (χ0) is 10.8. The first-order chi connectivity index (χ1) is 7.16. The highest BCUT2D eigenvalue weighted by Gasteiger charge is 2.02. The summed E-state index contributed by atoms with van der Waals surface area (Å²) in [6.07, 6.45) is 0.917. The minimum absolute atomic E-state index is 0.111. The maximum absolute atomic E-state index is 11.8. The number of hydrogen-bond donors (Lipinski definition) is 1. The quantitative estimate of drug-likeness (QED) is 0.796. The minimum Gasteiger partial charge on any atom is -0.358 e. The number of hydrogen-bond acceptors (Lipinski definition) is 1. The maximum atomic E-state index is 11.8. The number of nitrogens with one attached hydrogen (secondary N) is 1. The summed E-state index contributed by atoms with van der Waals surface area (Å²) in [5.41, 5.74) is 2.06. The van der Waals surface area contributed by atoms with E-state index < -0.39 is 0 Å². The number of pyridine rings is 1. The summed E-state index contributed by atoms with van der Waals surface area (Å²) in [6.45, 7) is 4.29. The zero-order valence-electron chi connectivity index (χ0n) is 9.08. The van der Waals surface area contributed by atoms with Gasteiger partial charge in [0.25, 0.3) is 0 Å². The normalized spacial score (nSPS) is 11.1. The molecule has 2 nitrogen and oxygen atoms in total. The Morgan fingerprint density at radius 1 is 1.27 bits per heavy atom. The van der Waals surface area contributed by atoms with Gasteiger partial charge in [0, 0.05) is 22.7 Å². The molecule has 0 saturated carbocycles. The van der Waals surface area contributed by atoms with E-state index in [1.165, 1.54) is 0 Å². The Hall–Kier alpha value is -1.57. The van der Waals surface area contributed by atoms with Crippen LogP contribution in [0.5, 0.6) is 0 Å². The Balaban J connectivity index is 2.57. The molecule has 0 spiro atoms. The van der Waals surface area contributed by atoms with E-state index in [1.807, 2.05) is 24.3 Å². The second-order valence-corrected chi connectivity index (χ2v) is 4.30. The minimum atomic E-state index is 0.111. The molecule has 0 atom stereocenters. The molecule has 0 radical (unpaired) electrons. The first kappa shape index (κ1) is 9.97. The Morgan fingerprint density at radius 2 is 2.00 bits per heavy atom. The second kappa shape index (κ2) is 3.89. The fourth-order valence-electron chi connectivity index (χ4n) is 1.80. The largest absolute Gasteiger partial charge is 0.358 e. The van der Waals surface area contributed by atoms with Crippen LogP contribution in [0.3, 0.4) is 0 Å². The van der Waals surface area contributed by atoms with Gasteiger partial charge in [0.1, 0.15) is 0 Å². The molecular weight excluding hydrogens is 186 g/mol. The molecule has 15 heavy (non-hydrogen) atoms. The van der Waals surface area contributed by atoms with Gasteiger partial charge in [-0.25, -0.2) is 0 Å². The molecule has 2 rings (SSSR count). The van der Waals surface area contributed by atoms with Crippen molar-refractivity contribution in [1.82, 2.24) is 4.98 Å². The summed E-state index contributed by atoms with van der Waals surface area (Å²) in [5.74, 6) is 0.557. The van der Waals surface area contributed by atoms with Crippen LogP contribution in [0.4, 0.5) is 0 Å². The van der Waals surface area contributed by atoms with Crippen molar-refractivity contribution in [1.29, 1.82) is 0 Å². The predicted octanol–water partition coefficient (Wildman–Crippen LogP) is 2.73. The van der Waals surface area contributed by atoms with Gasteiger partial charge in [0.05, 0.1) is 0 Å². The highest BCUT2D eigenvalue weighted by Crippen LogP contribution is 2.09. The lowest BCUT2D eigenvalue weighted by Crippen LogP contribution is -2.07. The van der Waals surface area contributed by atoms with Crippen LogP contribution in [0.25, 0.3) is 10.9 Å². The lowest BCUT2D eigenvalue weighted by Gasteiger charge is -2.06. The average molecular weight is 201 g/mol. The molecule has 0 bridgehead atoms. The van der Waals surface area contributed by atoms with Crippen LogP contribution in [0.1, 0.15) is 19.5 Å². The molecule has 0 saturated heterocycles. The Kier molecular flexibility index (Phi) is 2.58. The van der Waals surface area contributed by atoms with Crippen LogP contribution in [0.2, 0.25) is 0 Å². The van der Waals surface area contributed by atoms with E-state index >= 15 is 0 Å². The van der Waals surface area contributed by atoms with Crippen molar-refractivity contribution < 1.29 is 0 Å². The molecule has 0 amide bonds. The number of para-hydroxylation sites is 1. The maximum Gasteiger partial charge on any atom is 0.189 e. The predicted molar refractivity (Wildman–Crippen MR) is 63.1 cm³/mol. The van der Waals surface area contributed by atoms with E-state index in [4.69, 9.17) is 0 Å². The Bertz CT molecular complexity index is 525. The van der Waals surface area contributed by atoms with Gasteiger partial charge in [0.2, 0.25) is 0 Å². The standard InChI is InChI=1S/C13H15NO/c1-9(2)7-10-8-13(15)11-5-3-4-6-12(11)14-10/h3-6,8-9H,7H2,1-2H3,(H,14,15). The first-order valence-corrected chi connectivity index (χ1v) is 5.28. The van der Waals surface area contributed by atoms with Gasteiger partial charge >= 0.3 is 0 Å².